The third kappa shape index (κ3) is 5.20. The zero-order valence-electron chi connectivity index (χ0n) is 14.0. The number of carbonyl (C=O) groups excluding carboxylic acids is 1. The minimum atomic E-state index is -1.02. The molecule has 0 spiro atoms. The summed E-state index contributed by atoms with van der Waals surface area (Å²) in [5.41, 5.74) is 1.94. The third-order valence-corrected chi connectivity index (χ3v) is 5.54. The van der Waals surface area contributed by atoms with Crippen molar-refractivity contribution in [3.63, 3.8) is 0 Å². The van der Waals surface area contributed by atoms with Gasteiger partial charge < -0.3 is 5.11 Å². The molecule has 2 rings (SSSR count). The SMILES string of the molecule is CSCCC(C(=O)O)N1C(=O)/C(=C\C(C)=C\c2ccccc2)SC1=S. The van der Waals surface area contributed by atoms with Gasteiger partial charge in [-0.05, 0) is 42.6 Å². The van der Waals surface area contributed by atoms with Crippen LogP contribution in [0.2, 0.25) is 0 Å². The second kappa shape index (κ2) is 9.22. The molecule has 1 atom stereocenters. The van der Waals surface area contributed by atoms with Crippen molar-refractivity contribution in [2.24, 2.45) is 0 Å². The van der Waals surface area contributed by atoms with Crippen LogP contribution in [0.3, 0.4) is 0 Å². The summed E-state index contributed by atoms with van der Waals surface area (Å²) in [5, 5.41) is 9.46. The third-order valence-electron chi connectivity index (χ3n) is 3.57. The van der Waals surface area contributed by atoms with Gasteiger partial charge in [-0.1, -0.05) is 60.4 Å². The number of benzene rings is 1. The molecule has 0 bridgehead atoms. The summed E-state index contributed by atoms with van der Waals surface area (Å²) < 4.78 is 0.303. The molecule has 0 aliphatic carbocycles. The van der Waals surface area contributed by atoms with Crippen LogP contribution in [0.1, 0.15) is 18.9 Å². The number of carboxylic acids is 1. The maximum Gasteiger partial charge on any atom is 0.326 e. The van der Waals surface area contributed by atoms with Gasteiger partial charge >= 0.3 is 5.97 Å². The van der Waals surface area contributed by atoms with Gasteiger partial charge in [0, 0.05) is 0 Å². The predicted octanol–water partition coefficient (Wildman–Crippen LogP) is 4.04. The first-order valence-corrected chi connectivity index (χ1v) is 10.3. The van der Waals surface area contributed by atoms with Gasteiger partial charge in [0.15, 0.2) is 0 Å². The average Bonchev–Trinajstić information content (AvgIpc) is 2.83. The minimum Gasteiger partial charge on any atom is -0.480 e. The molecule has 1 aliphatic heterocycles. The van der Waals surface area contributed by atoms with Crippen LogP contribution in [-0.4, -0.2) is 44.3 Å². The Morgan fingerprint density at radius 2 is 2.08 bits per heavy atom. The Kier molecular flexibility index (Phi) is 7.28. The lowest BCUT2D eigenvalue weighted by Crippen LogP contribution is -2.44. The average molecular weight is 394 g/mol. The van der Waals surface area contributed by atoms with Gasteiger partial charge in [0.1, 0.15) is 10.4 Å². The molecule has 1 aromatic carbocycles. The normalized spacial score (nSPS) is 18.1. The van der Waals surface area contributed by atoms with Gasteiger partial charge in [-0.2, -0.15) is 11.8 Å². The smallest absolute Gasteiger partial charge is 0.326 e. The Hall–Kier alpha value is -1.57. The molecule has 1 heterocycles. The van der Waals surface area contributed by atoms with Crippen LogP contribution in [0.15, 0.2) is 46.9 Å². The first-order chi connectivity index (χ1) is 11.9. The van der Waals surface area contributed by atoms with Crippen LogP contribution in [0.25, 0.3) is 6.08 Å². The lowest BCUT2D eigenvalue weighted by molar-refractivity contribution is -0.145. The van der Waals surface area contributed by atoms with Gasteiger partial charge in [0.25, 0.3) is 5.91 Å². The summed E-state index contributed by atoms with van der Waals surface area (Å²) in [6, 6.07) is 8.88. The van der Waals surface area contributed by atoms with Crippen molar-refractivity contribution in [3.8, 4) is 0 Å². The quantitative estimate of drug-likeness (QED) is 0.557. The van der Waals surface area contributed by atoms with E-state index in [2.05, 4.69) is 0 Å². The highest BCUT2D eigenvalue weighted by Gasteiger charge is 2.40. The van der Waals surface area contributed by atoms with Crippen molar-refractivity contribution < 1.29 is 14.7 Å². The molecule has 1 aliphatic rings. The molecular formula is C18H19NO3S3. The molecule has 0 saturated carbocycles. The number of thioether (sulfide) groups is 2. The van der Waals surface area contributed by atoms with E-state index in [-0.39, 0.29) is 5.91 Å². The van der Waals surface area contributed by atoms with Gasteiger partial charge in [-0.25, -0.2) is 4.79 Å². The van der Waals surface area contributed by atoms with Crippen LogP contribution >= 0.6 is 35.7 Å². The summed E-state index contributed by atoms with van der Waals surface area (Å²) in [7, 11) is 0. The second-order valence-corrected chi connectivity index (χ2v) is 8.15. The predicted molar refractivity (Wildman–Crippen MR) is 110 cm³/mol. The summed E-state index contributed by atoms with van der Waals surface area (Å²) in [6.45, 7) is 1.90. The van der Waals surface area contributed by atoms with Crippen molar-refractivity contribution in [3.05, 3.63) is 52.4 Å². The Labute approximate surface area is 161 Å². The fraction of sp³-hybridized carbons (Fsp3) is 0.278. The van der Waals surface area contributed by atoms with E-state index in [0.717, 1.165) is 22.9 Å². The zero-order chi connectivity index (χ0) is 18.4. The summed E-state index contributed by atoms with van der Waals surface area (Å²) in [4.78, 5) is 25.9. The van der Waals surface area contributed by atoms with Crippen molar-refractivity contribution in [1.82, 2.24) is 4.90 Å². The largest absolute Gasteiger partial charge is 0.480 e. The highest BCUT2D eigenvalue weighted by atomic mass is 32.2. The highest BCUT2D eigenvalue weighted by Crippen LogP contribution is 2.34. The molecule has 132 valence electrons. The van der Waals surface area contributed by atoms with E-state index in [0.29, 0.717) is 21.4 Å². The molecule has 1 amide bonds. The number of carbonyl (C=O) groups is 2. The molecule has 1 aromatic rings. The number of rotatable bonds is 7. The summed E-state index contributed by atoms with van der Waals surface area (Å²) in [5.74, 6) is -0.701. The molecule has 1 N–H and O–H groups in total. The number of allylic oxidation sites excluding steroid dienone is 2. The number of aliphatic carboxylic acids is 1. The molecule has 1 unspecified atom stereocenters. The summed E-state index contributed by atoms with van der Waals surface area (Å²) >= 11 is 7.96. The van der Waals surface area contributed by atoms with Crippen LogP contribution in [-0.2, 0) is 9.59 Å². The van der Waals surface area contributed by atoms with E-state index >= 15 is 0 Å². The molecule has 25 heavy (non-hydrogen) atoms. The van der Waals surface area contributed by atoms with E-state index in [9.17, 15) is 14.7 Å². The monoisotopic (exact) mass is 393 g/mol. The van der Waals surface area contributed by atoms with E-state index in [4.69, 9.17) is 12.2 Å². The number of amides is 1. The molecule has 0 aromatic heterocycles. The Morgan fingerprint density at radius 1 is 1.40 bits per heavy atom. The van der Waals surface area contributed by atoms with E-state index in [1.54, 1.807) is 17.8 Å². The second-order valence-electron chi connectivity index (χ2n) is 5.49. The van der Waals surface area contributed by atoms with Crippen molar-refractivity contribution in [2.45, 2.75) is 19.4 Å². The molecule has 4 nitrogen and oxygen atoms in total. The number of hydrogen-bond acceptors (Lipinski definition) is 5. The fourth-order valence-electron chi connectivity index (χ4n) is 2.40. The van der Waals surface area contributed by atoms with Gasteiger partial charge in [-0.3, -0.25) is 9.69 Å². The van der Waals surface area contributed by atoms with Crippen LogP contribution in [0, 0.1) is 0 Å². The standard InChI is InChI=1S/C18H19NO3S3/c1-12(10-13-6-4-3-5-7-13)11-15-16(20)19(18(23)25-15)14(17(21)22)8-9-24-2/h3-7,10-11,14H,8-9H2,1-2H3,(H,21,22)/b12-10+,15-11+. The lowest BCUT2D eigenvalue weighted by atomic mass is 10.1. The maximum atomic E-state index is 12.7. The van der Waals surface area contributed by atoms with Gasteiger partial charge in [0.05, 0.1) is 4.91 Å². The van der Waals surface area contributed by atoms with Gasteiger partial charge in [0.2, 0.25) is 0 Å². The van der Waals surface area contributed by atoms with E-state index in [1.807, 2.05) is 49.6 Å². The fourth-order valence-corrected chi connectivity index (χ4v) is 4.27. The van der Waals surface area contributed by atoms with Crippen molar-refractivity contribution >= 4 is 58.0 Å². The van der Waals surface area contributed by atoms with Crippen LogP contribution < -0.4 is 0 Å². The van der Waals surface area contributed by atoms with E-state index < -0.39 is 12.0 Å². The highest BCUT2D eigenvalue weighted by molar-refractivity contribution is 8.26. The summed E-state index contributed by atoms with van der Waals surface area (Å²) in [6.07, 6.45) is 6.00. The maximum absolute atomic E-state index is 12.7. The zero-order valence-corrected chi connectivity index (χ0v) is 16.4. The van der Waals surface area contributed by atoms with Crippen LogP contribution in [0.4, 0.5) is 0 Å². The Bertz CT molecular complexity index is 728. The Balaban J connectivity index is 2.22. The molecule has 1 saturated heterocycles. The van der Waals surface area contributed by atoms with Crippen molar-refractivity contribution in [1.29, 1.82) is 0 Å². The molecule has 7 heteroatoms. The number of hydrogen-bond donors (Lipinski definition) is 1. The van der Waals surface area contributed by atoms with Crippen LogP contribution in [0.5, 0.6) is 0 Å². The van der Waals surface area contributed by atoms with Gasteiger partial charge in [-0.15, -0.1) is 0 Å². The molecule has 0 radical (unpaired) electrons. The van der Waals surface area contributed by atoms with Crippen molar-refractivity contribution in [2.75, 3.05) is 12.0 Å². The first kappa shape index (κ1) is 19.8. The number of thiocarbonyl (C=S) groups is 1. The topological polar surface area (TPSA) is 57.6 Å². The molecular weight excluding hydrogens is 374 g/mol. The minimum absolute atomic E-state index is 0.303. The number of nitrogens with zero attached hydrogens (tertiary/aromatic N) is 1. The lowest BCUT2D eigenvalue weighted by Gasteiger charge is -2.22. The number of carboxylic acid groups (broad SMARTS) is 1. The molecule has 1 fully saturated rings. The first-order valence-electron chi connectivity index (χ1n) is 7.66. The Morgan fingerprint density at radius 3 is 2.68 bits per heavy atom. The van der Waals surface area contributed by atoms with E-state index in [1.165, 1.54) is 4.90 Å².